The van der Waals surface area contributed by atoms with Crippen LogP contribution in [0, 0.1) is 12.3 Å². The van der Waals surface area contributed by atoms with E-state index >= 15 is 0 Å². The van der Waals surface area contributed by atoms with Gasteiger partial charge in [0.05, 0.1) is 18.6 Å². The van der Waals surface area contributed by atoms with E-state index in [0.29, 0.717) is 24.3 Å². The Morgan fingerprint density at radius 3 is 2.65 bits per heavy atom. The van der Waals surface area contributed by atoms with Crippen LogP contribution < -0.4 is 10.5 Å². The average molecular weight is 296 g/mol. The van der Waals surface area contributed by atoms with E-state index in [1.807, 2.05) is 6.92 Å². The van der Waals surface area contributed by atoms with Crippen LogP contribution in [0.5, 0.6) is 5.75 Å². The molecule has 0 aliphatic heterocycles. The highest BCUT2D eigenvalue weighted by atomic mass is 32.2. The molecule has 1 aromatic rings. The van der Waals surface area contributed by atoms with Crippen LogP contribution in [0.2, 0.25) is 0 Å². The fourth-order valence-corrected chi connectivity index (χ4v) is 3.36. The monoisotopic (exact) mass is 296 g/mol. The molecule has 1 aromatic carbocycles. The molecule has 0 spiro atoms. The van der Waals surface area contributed by atoms with Gasteiger partial charge in [-0.05, 0) is 24.6 Å². The number of methoxy groups -OCH3 is 1. The minimum Gasteiger partial charge on any atom is -0.496 e. The van der Waals surface area contributed by atoms with Crippen LogP contribution in [-0.2, 0) is 16.6 Å². The summed E-state index contributed by atoms with van der Waals surface area (Å²) < 4.78 is 31.5. The molecule has 0 aromatic heterocycles. The van der Waals surface area contributed by atoms with Crippen LogP contribution in [0.3, 0.4) is 0 Å². The van der Waals surface area contributed by atoms with Crippen LogP contribution in [0.1, 0.15) is 18.9 Å². The van der Waals surface area contributed by atoms with Gasteiger partial charge in [0.25, 0.3) is 0 Å². The number of nitrogens with zero attached hydrogens (tertiary/aromatic N) is 1. The average Bonchev–Trinajstić information content (AvgIpc) is 2.46. The lowest BCUT2D eigenvalue weighted by Crippen LogP contribution is -2.32. The third-order valence-electron chi connectivity index (χ3n) is 2.85. The first-order valence-electron chi connectivity index (χ1n) is 6.31. The molecule has 110 valence electrons. The summed E-state index contributed by atoms with van der Waals surface area (Å²) in [5, 5.41) is 0. The predicted octanol–water partition coefficient (Wildman–Crippen LogP) is 1.19. The molecule has 0 bridgehead atoms. The summed E-state index contributed by atoms with van der Waals surface area (Å²) in [6, 6.07) is 4.65. The van der Waals surface area contributed by atoms with E-state index < -0.39 is 10.0 Å². The summed E-state index contributed by atoms with van der Waals surface area (Å²) in [7, 11) is -2.08. The molecule has 1 rings (SSSR count). The zero-order chi connectivity index (χ0) is 15.2. The van der Waals surface area contributed by atoms with E-state index in [2.05, 4.69) is 5.92 Å². The second-order valence-electron chi connectivity index (χ2n) is 4.22. The number of ether oxygens (including phenoxy) is 1. The number of hydrogen-bond acceptors (Lipinski definition) is 4. The second kappa shape index (κ2) is 7.29. The summed E-state index contributed by atoms with van der Waals surface area (Å²) in [5.41, 5.74) is 6.26. The highest BCUT2D eigenvalue weighted by molar-refractivity contribution is 7.89. The smallest absolute Gasteiger partial charge is 0.243 e. The van der Waals surface area contributed by atoms with E-state index in [0.717, 1.165) is 0 Å². The summed E-state index contributed by atoms with van der Waals surface area (Å²) in [6.45, 7) is 2.55. The first kappa shape index (κ1) is 16.5. The molecule has 2 N–H and O–H groups in total. The van der Waals surface area contributed by atoms with Crippen molar-refractivity contribution in [2.45, 2.75) is 24.8 Å². The van der Waals surface area contributed by atoms with Crippen molar-refractivity contribution in [3.05, 3.63) is 23.8 Å². The summed E-state index contributed by atoms with van der Waals surface area (Å²) in [4.78, 5) is 0.183. The van der Waals surface area contributed by atoms with Gasteiger partial charge in [-0.15, -0.1) is 6.42 Å². The summed E-state index contributed by atoms with van der Waals surface area (Å²) >= 11 is 0. The molecule has 0 fully saturated rings. The van der Waals surface area contributed by atoms with Crippen molar-refractivity contribution < 1.29 is 13.2 Å². The Labute approximate surface area is 120 Å². The van der Waals surface area contributed by atoms with E-state index in [-0.39, 0.29) is 18.0 Å². The Morgan fingerprint density at radius 2 is 2.15 bits per heavy atom. The van der Waals surface area contributed by atoms with Crippen LogP contribution in [0.4, 0.5) is 0 Å². The molecule has 0 saturated heterocycles. The minimum absolute atomic E-state index is 0.0557. The van der Waals surface area contributed by atoms with Gasteiger partial charge in [0.1, 0.15) is 5.75 Å². The molecule has 0 atom stereocenters. The second-order valence-corrected chi connectivity index (χ2v) is 6.16. The number of benzene rings is 1. The molecule has 0 aliphatic rings. The van der Waals surface area contributed by atoms with Crippen molar-refractivity contribution in [1.29, 1.82) is 0 Å². The molecule has 6 heteroatoms. The van der Waals surface area contributed by atoms with E-state index in [9.17, 15) is 8.42 Å². The Kier molecular flexibility index (Phi) is 6.02. The van der Waals surface area contributed by atoms with Crippen LogP contribution >= 0.6 is 0 Å². The van der Waals surface area contributed by atoms with E-state index in [1.165, 1.54) is 23.5 Å². The number of nitrogens with two attached hydrogens (primary N) is 1. The van der Waals surface area contributed by atoms with Gasteiger partial charge in [0.2, 0.25) is 10.0 Å². The number of sulfonamides is 1. The summed E-state index contributed by atoms with van der Waals surface area (Å²) in [6.07, 6.45) is 5.94. The molecular weight excluding hydrogens is 276 g/mol. The lowest BCUT2D eigenvalue weighted by atomic mass is 10.2. The Balaban J connectivity index is 3.23. The maximum absolute atomic E-state index is 12.5. The van der Waals surface area contributed by atoms with E-state index in [1.54, 1.807) is 6.07 Å². The topological polar surface area (TPSA) is 72.6 Å². The van der Waals surface area contributed by atoms with Gasteiger partial charge in [-0.1, -0.05) is 12.8 Å². The molecule has 5 nitrogen and oxygen atoms in total. The van der Waals surface area contributed by atoms with Crippen molar-refractivity contribution in [3.63, 3.8) is 0 Å². The van der Waals surface area contributed by atoms with Crippen LogP contribution in [0.25, 0.3) is 0 Å². The van der Waals surface area contributed by atoms with Gasteiger partial charge in [-0.25, -0.2) is 8.42 Å². The van der Waals surface area contributed by atoms with Gasteiger partial charge < -0.3 is 10.5 Å². The molecule has 0 unspecified atom stereocenters. The van der Waals surface area contributed by atoms with Crippen molar-refractivity contribution in [2.24, 2.45) is 5.73 Å². The standard InChI is InChI=1S/C14H20N2O3S/c1-4-8-16(9-5-2)20(17,18)13-6-7-14(19-3)12(10-13)11-15/h1,6-7,10H,5,8-9,11,15H2,2-3H3. The van der Waals surface area contributed by atoms with Gasteiger partial charge in [0.15, 0.2) is 0 Å². The van der Waals surface area contributed by atoms with Gasteiger partial charge in [-0.2, -0.15) is 4.31 Å². The van der Waals surface area contributed by atoms with Crippen molar-refractivity contribution in [2.75, 3.05) is 20.2 Å². The third-order valence-corrected chi connectivity index (χ3v) is 4.69. The first-order valence-corrected chi connectivity index (χ1v) is 7.75. The fourth-order valence-electron chi connectivity index (χ4n) is 1.86. The van der Waals surface area contributed by atoms with Gasteiger partial charge in [-0.3, -0.25) is 0 Å². The fraction of sp³-hybridized carbons (Fsp3) is 0.429. The third kappa shape index (κ3) is 3.51. The normalized spacial score (nSPS) is 11.3. The molecule has 0 heterocycles. The highest BCUT2D eigenvalue weighted by Gasteiger charge is 2.23. The Morgan fingerprint density at radius 1 is 1.45 bits per heavy atom. The molecular formula is C14H20N2O3S. The van der Waals surface area contributed by atoms with Crippen molar-refractivity contribution >= 4 is 10.0 Å². The predicted molar refractivity (Wildman–Crippen MR) is 78.8 cm³/mol. The molecule has 0 amide bonds. The maximum atomic E-state index is 12.5. The lowest BCUT2D eigenvalue weighted by molar-refractivity contribution is 0.409. The SMILES string of the molecule is C#CCN(CCC)S(=O)(=O)c1ccc(OC)c(CN)c1. The van der Waals surface area contributed by atoms with Crippen LogP contribution in [0.15, 0.2) is 23.1 Å². The number of rotatable bonds is 7. The molecule has 0 saturated carbocycles. The Hall–Kier alpha value is -1.55. The lowest BCUT2D eigenvalue weighted by Gasteiger charge is -2.20. The minimum atomic E-state index is -3.60. The largest absolute Gasteiger partial charge is 0.496 e. The quantitative estimate of drug-likeness (QED) is 0.767. The molecule has 0 radical (unpaired) electrons. The Bertz CT molecular complexity index is 591. The van der Waals surface area contributed by atoms with Gasteiger partial charge in [0, 0.05) is 18.7 Å². The number of terminal acetylenes is 1. The zero-order valence-electron chi connectivity index (χ0n) is 11.8. The van der Waals surface area contributed by atoms with Crippen LogP contribution in [-0.4, -0.2) is 32.9 Å². The maximum Gasteiger partial charge on any atom is 0.243 e. The molecule has 20 heavy (non-hydrogen) atoms. The van der Waals surface area contributed by atoms with Crippen molar-refractivity contribution in [3.8, 4) is 18.1 Å². The van der Waals surface area contributed by atoms with Crippen molar-refractivity contribution in [1.82, 2.24) is 4.31 Å². The van der Waals surface area contributed by atoms with E-state index in [4.69, 9.17) is 16.9 Å². The number of hydrogen-bond donors (Lipinski definition) is 1. The molecule has 0 aliphatic carbocycles. The first-order chi connectivity index (χ1) is 9.51. The zero-order valence-corrected chi connectivity index (χ0v) is 12.6. The summed E-state index contributed by atoms with van der Waals surface area (Å²) in [5.74, 6) is 2.95. The highest BCUT2D eigenvalue weighted by Crippen LogP contribution is 2.24. The van der Waals surface area contributed by atoms with Gasteiger partial charge >= 0.3 is 0 Å².